The minimum Gasteiger partial charge on any atom is -0.462 e. The molecule has 0 aliphatic carbocycles. The lowest BCUT2D eigenvalue weighted by molar-refractivity contribution is 0.0531. The van der Waals surface area contributed by atoms with Crippen molar-refractivity contribution >= 4 is 33.4 Å². The van der Waals surface area contributed by atoms with E-state index in [1.807, 2.05) is 24.3 Å². The Kier molecular flexibility index (Phi) is 3.84. The molecular weight excluding hydrogens is 352 g/mol. The highest BCUT2D eigenvalue weighted by molar-refractivity contribution is 7.20. The number of aryl methyl sites for hydroxylation is 1. The van der Waals surface area contributed by atoms with Crippen LogP contribution in [0.3, 0.4) is 0 Å². The molecule has 0 fully saturated rings. The summed E-state index contributed by atoms with van der Waals surface area (Å²) in [6.07, 6.45) is 1.41. The Morgan fingerprint density at radius 3 is 2.88 bits per heavy atom. The number of ether oxygens (including phenoxy) is 1. The summed E-state index contributed by atoms with van der Waals surface area (Å²) in [6.45, 7) is 4.16. The van der Waals surface area contributed by atoms with Gasteiger partial charge in [-0.2, -0.15) is 0 Å². The second-order valence-electron chi connectivity index (χ2n) is 5.91. The highest BCUT2D eigenvalue weighted by atomic mass is 32.1. The monoisotopic (exact) mass is 368 g/mol. The second kappa shape index (κ2) is 6.06. The molecule has 0 spiro atoms. The SMILES string of the molecule is CCOC(=O)c1sc2ncn(N3Cc4ccccc4C3=N)c(=O)c2c1C. The van der Waals surface area contributed by atoms with E-state index in [-0.39, 0.29) is 18.0 Å². The molecule has 0 bridgehead atoms. The second-order valence-corrected chi connectivity index (χ2v) is 6.91. The molecule has 0 amide bonds. The van der Waals surface area contributed by atoms with Gasteiger partial charge in [-0.25, -0.2) is 14.5 Å². The summed E-state index contributed by atoms with van der Waals surface area (Å²) in [5.41, 5.74) is 2.06. The van der Waals surface area contributed by atoms with Gasteiger partial charge >= 0.3 is 5.97 Å². The van der Waals surface area contributed by atoms with E-state index in [4.69, 9.17) is 10.1 Å². The molecule has 7 nitrogen and oxygen atoms in total. The Labute approximate surface area is 152 Å². The molecule has 4 rings (SSSR count). The maximum absolute atomic E-state index is 13.1. The Morgan fingerprint density at radius 2 is 2.15 bits per heavy atom. The van der Waals surface area contributed by atoms with E-state index in [1.54, 1.807) is 18.9 Å². The zero-order chi connectivity index (χ0) is 18.4. The smallest absolute Gasteiger partial charge is 0.348 e. The van der Waals surface area contributed by atoms with Gasteiger partial charge in [0.05, 0.1) is 18.5 Å². The average Bonchev–Trinajstić information content (AvgIpc) is 3.14. The zero-order valence-electron chi connectivity index (χ0n) is 14.3. The van der Waals surface area contributed by atoms with Gasteiger partial charge in [0.1, 0.15) is 21.9 Å². The number of amidine groups is 1. The Balaban J connectivity index is 1.83. The standard InChI is InChI=1S/C18H16N4O3S/c1-3-25-18(24)14-10(2)13-16(26-14)20-9-22(17(13)23)21-8-11-6-4-5-7-12(11)15(21)19/h4-7,9,19H,3,8H2,1-2H3. The third-order valence-corrected chi connectivity index (χ3v) is 5.59. The number of thiophene rings is 1. The van der Waals surface area contributed by atoms with Crippen LogP contribution in [-0.4, -0.2) is 28.1 Å². The van der Waals surface area contributed by atoms with Gasteiger partial charge in [-0.15, -0.1) is 11.3 Å². The average molecular weight is 368 g/mol. The molecule has 26 heavy (non-hydrogen) atoms. The third kappa shape index (κ3) is 2.33. The van der Waals surface area contributed by atoms with Crippen molar-refractivity contribution in [2.75, 3.05) is 11.6 Å². The quantitative estimate of drug-likeness (QED) is 0.717. The summed E-state index contributed by atoms with van der Waals surface area (Å²) in [4.78, 5) is 30.4. The van der Waals surface area contributed by atoms with Crippen molar-refractivity contribution in [3.8, 4) is 0 Å². The topological polar surface area (TPSA) is 88.3 Å². The van der Waals surface area contributed by atoms with E-state index < -0.39 is 5.97 Å². The van der Waals surface area contributed by atoms with Gasteiger partial charge in [-0.3, -0.25) is 15.2 Å². The Hall–Kier alpha value is -3.00. The first-order valence-corrected chi connectivity index (χ1v) is 8.97. The first kappa shape index (κ1) is 16.5. The number of esters is 1. The lowest BCUT2D eigenvalue weighted by Crippen LogP contribution is -2.42. The van der Waals surface area contributed by atoms with Crippen LogP contribution in [0.2, 0.25) is 0 Å². The number of nitrogens with zero attached hydrogens (tertiary/aromatic N) is 3. The fourth-order valence-corrected chi connectivity index (χ4v) is 4.16. The minimum absolute atomic E-state index is 0.252. The summed E-state index contributed by atoms with van der Waals surface area (Å²) in [7, 11) is 0. The fourth-order valence-electron chi connectivity index (χ4n) is 3.13. The molecule has 1 aliphatic rings. The number of carbonyl (C=O) groups is 1. The molecule has 0 radical (unpaired) electrons. The largest absolute Gasteiger partial charge is 0.462 e. The van der Waals surface area contributed by atoms with Gasteiger partial charge in [0, 0.05) is 5.56 Å². The molecule has 0 saturated heterocycles. The van der Waals surface area contributed by atoms with Crippen LogP contribution in [0.25, 0.3) is 10.2 Å². The van der Waals surface area contributed by atoms with E-state index in [0.29, 0.717) is 27.2 Å². The molecule has 1 aliphatic heterocycles. The van der Waals surface area contributed by atoms with Gasteiger partial charge in [0.25, 0.3) is 5.56 Å². The number of fused-ring (bicyclic) bond motifs is 2. The highest BCUT2D eigenvalue weighted by Crippen LogP contribution is 2.28. The lowest BCUT2D eigenvalue weighted by Gasteiger charge is -2.19. The van der Waals surface area contributed by atoms with E-state index in [1.165, 1.54) is 11.0 Å². The number of aromatic nitrogens is 2. The van der Waals surface area contributed by atoms with Crippen molar-refractivity contribution in [2.45, 2.75) is 20.4 Å². The maximum atomic E-state index is 13.1. The fraction of sp³-hybridized carbons (Fsp3) is 0.222. The number of carbonyl (C=O) groups excluding carboxylic acids is 1. The van der Waals surface area contributed by atoms with Crippen LogP contribution in [0.15, 0.2) is 35.4 Å². The summed E-state index contributed by atoms with van der Waals surface area (Å²) in [5, 5.41) is 10.4. The first-order valence-electron chi connectivity index (χ1n) is 8.15. The molecule has 8 heteroatoms. The molecule has 132 valence electrons. The van der Waals surface area contributed by atoms with Crippen LogP contribution in [0.4, 0.5) is 0 Å². The van der Waals surface area contributed by atoms with E-state index in [0.717, 1.165) is 22.5 Å². The van der Waals surface area contributed by atoms with Crippen molar-refractivity contribution < 1.29 is 9.53 Å². The van der Waals surface area contributed by atoms with Gasteiger partial charge in [-0.1, -0.05) is 24.3 Å². The van der Waals surface area contributed by atoms with Crippen molar-refractivity contribution in [3.63, 3.8) is 0 Å². The number of rotatable bonds is 3. The number of benzene rings is 1. The Bertz CT molecular complexity index is 1120. The zero-order valence-corrected chi connectivity index (χ0v) is 15.1. The van der Waals surface area contributed by atoms with Crippen molar-refractivity contribution in [3.05, 3.63) is 62.5 Å². The lowest BCUT2D eigenvalue weighted by atomic mass is 10.1. The molecule has 1 aromatic carbocycles. The maximum Gasteiger partial charge on any atom is 0.348 e. The Morgan fingerprint density at radius 1 is 1.38 bits per heavy atom. The van der Waals surface area contributed by atoms with E-state index >= 15 is 0 Å². The van der Waals surface area contributed by atoms with Gasteiger partial charge in [0.2, 0.25) is 0 Å². The predicted molar refractivity (Wildman–Crippen MR) is 99.8 cm³/mol. The van der Waals surface area contributed by atoms with Crippen LogP contribution in [0.5, 0.6) is 0 Å². The molecule has 1 N–H and O–H groups in total. The van der Waals surface area contributed by atoms with Crippen LogP contribution >= 0.6 is 11.3 Å². The highest BCUT2D eigenvalue weighted by Gasteiger charge is 2.27. The minimum atomic E-state index is -0.444. The molecular formula is C18H16N4O3S. The summed E-state index contributed by atoms with van der Waals surface area (Å²) < 4.78 is 6.40. The first-order chi connectivity index (χ1) is 12.5. The van der Waals surface area contributed by atoms with Gasteiger partial charge < -0.3 is 4.74 Å². The summed E-state index contributed by atoms with van der Waals surface area (Å²) >= 11 is 1.15. The molecule has 0 unspecified atom stereocenters. The van der Waals surface area contributed by atoms with E-state index in [9.17, 15) is 9.59 Å². The normalized spacial score (nSPS) is 13.3. The molecule has 3 heterocycles. The van der Waals surface area contributed by atoms with Crippen LogP contribution < -0.4 is 10.6 Å². The number of hydrogen-bond acceptors (Lipinski definition) is 6. The van der Waals surface area contributed by atoms with Crippen LogP contribution in [0.1, 0.15) is 33.3 Å². The number of nitrogens with one attached hydrogen (secondary N) is 1. The molecule has 2 aromatic heterocycles. The van der Waals surface area contributed by atoms with Crippen LogP contribution in [-0.2, 0) is 11.3 Å². The molecule has 0 saturated carbocycles. The predicted octanol–water partition coefficient (Wildman–Crippen LogP) is 2.42. The third-order valence-electron chi connectivity index (χ3n) is 4.41. The van der Waals surface area contributed by atoms with Gasteiger partial charge in [-0.05, 0) is 25.0 Å². The van der Waals surface area contributed by atoms with Crippen molar-refractivity contribution in [2.24, 2.45) is 0 Å². The number of hydrogen-bond donors (Lipinski definition) is 1. The molecule has 0 atom stereocenters. The summed E-state index contributed by atoms with van der Waals surface area (Å²) in [6, 6.07) is 7.59. The van der Waals surface area contributed by atoms with E-state index in [2.05, 4.69) is 4.98 Å². The summed E-state index contributed by atoms with van der Waals surface area (Å²) in [5.74, 6) is -0.192. The van der Waals surface area contributed by atoms with Gasteiger partial charge in [0.15, 0.2) is 0 Å². The van der Waals surface area contributed by atoms with Crippen LogP contribution in [0, 0.1) is 12.3 Å². The van der Waals surface area contributed by atoms with Crippen molar-refractivity contribution in [1.82, 2.24) is 9.66 Å². The van der Waals surface area contributed by atoms with Crippen molar-refractivity contribution in [1.29, 1.82) is 5.41 Å². The molecule has 3 aromatic rings.